The molecule has 0 aromatic heterocycles. The molecule has 0 bridgehead atoms. The molecule has 3 N–H and O–H groups in total. The van der Waals surface area contributed by atoms with Crippen molar-refractivity contribution in [1.29, 1.82) is 0 Å². The first-order valence-electron chi connectivity index (χ1n) is 4.36. The molecule has 5 heteroatoms. The third-order valence-electron chi connectivity index (χ3n) is 1.37. The second-order valence-corrected chi connectivity index (χ2v) is 4.37. The van der Waals surface area contributed by atoms with E-state index >= 15 is 0 Å². The van der Waals surface area contributed by atoms with E-state index in [4.69, 9.17) is 15.6 Å². The number of aliphatic carboxylic acids is 1. The van der Waals surface area contributed by atoms with E-state index in [1.54, 1.807) is 0 Å². The fourth-order valence-corrected chi connectivity index (χ4v) is 0.623. The fourth-order valence-electron chi connectivity index (χ4n) is 0.623. The fraction of sp³-hybridized carbons (Fsp3) is 0.778. The van der Waals surface area contributed by atoms with Gasteiger partial charge in [0.2, 0.25) is 0 Å². The van der Waals surface area contributed by atoms with Gasteiger partial charge < -0.3 is 15.6 Å². The Morgan fingerprint density at radius 2 is 1.93 bits per heavy atom. The van der Waals surface area contributed by atoms with Gasteiger partial charge in [-0.2, -0.15) is 0 Å². The van der Waals surface area contributed by atoms with Crippen LogP contribution < -0.4 is 5.73 Å². The number of carbonyl (C=O) groups is 2. The summed E-state index contributed by atoms with van der Waals surface area (Å²) in [4.78, 5) is 21.3. The topological polar surface area (TPSA) is 89.6 Å². The first-order valence-corrected chi connectivity index (χ1v) is 4.36. The van der Waals surface area contributed by atoms with Gasteiger partial charge in [0.25, 0.3) is 0 Å². The third kappa shape index (κ3) is 6.42. The lowest BCUT2D eigenvalue weighted by atomic mass is 9.99. The highest BCUT2D eigenvalue weighted by Gasteiger charge is 2.19. The molecular formula is C9H17NO4. The molecule has 0 aliphatic heterocycles. The van der Waals surface area contributed by atoms with Gasteiger partial charge in [-0.05, 0) is 5.41 Å². The van der Waals surface area contributed by atoms with Crippen LogP contribution in [0.2, 0.25) is 0 Å². The van der Waals surface area contributed by atoms with Crippen molar-refractivity contribution in [3.8, 4) is 0 Å². The summed E-state index contributed by atoms with van der Waals surface area (Å²) in [6, 6.07) is -1.18. The molecule has 82 valence electrons. The molecule has 0 aliphatic carbocycles. The van der Waals surface area contributed by atoms with Crippen molar-refractivity contribution in [2.75, 3.05) is 6.61 Å². The minimum absolute atomic E-state index is 0.122. The molecular weight excluding hydrogens is 186 g/mol. The molecule has 0 fully saturated rings. The zero-order chi connectivity index (χ0) is 11.4. The highest BCUT2D eigenvalue weighted by atomic mass is 16.5. The van der Waals surface area contributed by atoms with E-state index in [1.165, 1.54) is 0 Å². The number of carboxylic acid groups (broad SMARTS) is 1. The van der Waals surface area contributed by atoms with Crippen LogP contribution in [0.3, 0.4) is 0 Å². The van der Waals surface area contributed by atoms with Gasteiger partial charge in [-0.15, -0.1) is 0 Å². The number of hydrogen-bond acceptors (Lipinski definition) is 4. The van der Waals surface area contributed by atoms with Crippen LogP contribution in [0.25, 0.3) is 0 Å². The lowest BCUT2D eigenvalue weighted by Gasteiger charge is -2.18. The Hall–Kier alpha value is -1.10. The molecule has 0 saturated carbocycles. The summed E-state index contributed by atoms with van der Waals surface area (Å²) in [7, 11) is 0. The summed E-state index contributed by atoms with van der Waals surface area (Å²) in [5, 5.41) is 8.43. The summed E-state index contributed by atoms with van der Waals surface area (Å²) in [5.41, 5.74) is 5.03. The number of nitrogens with two attached hydrogens (primary N) is 1. The Balaban J connectivity index is 3.83. The Labute approximate surface area is 83.2 Å². The quantitative estimate of drug-likeness (QED) is 0.644. The predicted octanol–water partition coefficient (Wildman–Crippen LogP) is 0.378. The number of rotatable bonds is 4. The van der Waals surface area contributed by atoms with Crippen molar-refractivity contribution in [3.05, 3.63) is 0 Å². The van der Waals surface area contributed by atoms with E-state index in [2.05, 4.69) is 0 Å². The monoisotopic (exact) mass is 203 g/mol. The molecule has 0 spiro atoms. The first-order chi connectivity index (χ1) is 6.22. The minimum atomic E-state index is -1.20. The normalized spacial score (nSPS) is 13.4. The second-order valence-electron chi connectivity index (χ2n) is 4.37. The molecule has 0 aromatic carbocycles. The van der Waals surface area contributed by atoms with Crippen molar-refractivity contribution in [1.82, 2.24) is 0 Å². The molecule has 14 heavy (non-hydrogen) atoms. The van der Waals surface area contributed by atoms with E-state index in [-0.39, 0.29) is 18.4 Å². The van der Waals surface area contributed by atoms with Crippen LogP contribution in [0.15, 0.2) is 0 Å². The molecule has 5 nitrogen and oxygen atoms in total. The predicted molar refractivity (Wildman–Crippen MR) is 50.6 cm³/mol. The van der Waals surface area contributed by atoms with E-state index in [1.807, 2.05) is 20.8 Å². The van der Waals surface area contributed by atoms with E-state index in [0.717, 1.165) is 0 Å². The molecule has 0 saturated heterocycles. The maximum atomic E-state index is 11.0. The second kappa shape index (κ2) is 4.95. The molecule has 0 heterocycles. The van der Waals surface area contributed by atoms with Crippen LogP contribution in [-0.2, 0) is 14.3 Å². The lowest BCUT2D eigenvalue weighted by Crippen LogP contribution is -2.33. The van der Waals surface area contributed by atoms with Crippen molar-refractivity contribution < 1.29 is 19.4 Å². The van der Waals surface area contributed by atoms with Gasteiger partial charge in [0.15, 0.2) is 0 Å². The lowest BCUT2D eigenvalue weighted by molar-refractivity contribution is -0.150. The van der Waals surface area contributed by atoms with Crippen LogP contribution in [0.5, 0.6) is 0 Å². The van der Waals surface area contributed by atoms with Gasteiger partial charge in [-0.1, -0.05) is 20.8 Å². The van der Waals surface area contributed by atoms with Gasteiger partial charge >= 0.3 is 11.9 Å². The van der Waals surface area contributed by atoms with Gasteiger partial charge in [0, 0.05) is 0 Å². The number of hydrogen-bond donors (Lipinski definition) is 2. The Kier molecular flexibility index (Phi) is 4.56. The summed E-state index contributed by atoms with van der Waals surface area (Å²) >= 11 is 0. The first kappa shape index (κ1) is 12.9. The van der Waals surface area contributed by atoms with E-state index < -0.39 is 18.0 Å². The molecule has 0 aromatic rings. The molecule has 0 amide bonds. The largest absolute Gasteiger partial charge is 0.480 e. The Bertz CT molecular complexity index is 219. The summed E-state index contributed by atoms with van der Waals surface area (Å²) in [5.74, 6) is -1.77. The number of ether oxygens (including phenoxy) is 1. The number of esters is 1. The maximum Gasteiger partial charge on any atom is 0.321 e. The summed E-state index contributed by atoms with van der Waals surface area (Å²) in [6.07, 6.45) is -0.286. The van der Waals surface area contributed by atoms with Crippen molar-refractivity contribution >= 4 is 11.9 Å². The summed E-state index contributed by atoms with van der Waals surface area (Å²) in [6.45, 7) is 6.00. The van der Waals surface area contributed by atoms with E-state index in [9.17, 15) is 9.59 Å². The zero-order valence-corrected chi connectivity index (χ0v) is 8.74. The molecule has 1 atom stereocenters. The van der Waals surface area contributed by atoms with Gasteiger partial charge in [-0.25, -0.2) is 0 Å². The van der Waals surface area contributed by atoms with Crippen LogP contribution >= 0.6 is 0 Å². The van der Waals surface area contributed by atoms with Crippen molar-refractivity contribution in [2.24, 2.45) is 11.1 Å². The van der Waals surface area contributed by atoms with E-state index in [0.29, 0.717) is 0 Å². The molecule has 0 rings (SSSR count). The van der Waals surface area contributed by atoms with Gasteiger partial charge in [0.05, 0.1) is 13.0 Å². The highest BCUT2D eigenvalue weighted by Crippen LogP contribution is 2.13. The summed E-state index contributed by atoms with van der Waals surface area (Å²) < 4.78 is 4.84. The maximum absolute atomic E-state index is 11.0. The Morgan fingerprint density at radius 1 is 1.43 bits per heavy atom. The highest BCUT2D eigenvalue weighted by molar-refractivity contribution is 5.81. The zero-order valence-electron chi connectivity index (χ0n) is 8.74. The van der Waals surface area contributed by atoms with Crippen molar-refractivity contribution in [3.63, 3.8) is 0 Å². The minimum Gasteiger partial charge on any atom is -0.480 e. The average Bonchev–Trinajstić information content (AvgIpc) is 1.99. The standard InChI is InChI=1S/C9H17NO4/c1-9(2,3)5-14-7(11)4-6(10)8(12)13/h6H,4-5,10H2,1-3H3,(H,12,13)/t6-/m0/s1. The Morgan fingerprint density at radius 3 is 2.29 bits per heavy atom. The smallest absolute Gasteiger partial charge is 0.321 e. The molecule has 0 aliphatic rings. The molecule has 0 unspecified atom stereocenters. The average molecular weight is 203 g/mol. The SMILES string of the molecule is CC(C)(C)COC(=O)C[C@H](N)C(=O)O. The molecule has 0 radical (unpaired) electrons. The third-order valence-corrected chi connectivity index (χ3v) is 1.37. The van der Waals surface area contributed by atoms with Crippen LogP contribution in [0.1, 0.15) is 27.2 Å². The number of carbonyl (C=O) groups excluding carboxylic acids is 1. The van der Waals surface area contributed by atoms with Gasteiger partial charge in [-0.3, -0.25) is 9.59 Å². The van der Waals surface area contributed by atoms with Crippen LogP contribution in [0, 0.1) is 5.41 Å². The van der Waals surface area contributed by atoms with Crippen molar-refractivity contribution in [2.45, 2.75) is 33.2 Å². The van der Waals surface area contributed by atoms with Crippen LogP contribution in [0.4, 0.5) is 0 Å². The van der Waals surface area contributed by atoms with Crippen LogP contribution in [-0.4, -0.2) is 29.7 Å². The van der Waals surface area contributed by atoms with Gasteiger partial charge in [0.1, 0.15) is 6.04 Å². The number of carboxylic acids is 1.